The maximum Gasteiger partial charge on any atom is 0.311 e. The molecule has 2 rings (SSSR count). The number of hydrogen-bond acceptors (Lipinski definition) is 2. The van der Waals surface area contributed by atoms with E-state index >= 15 is 0 Å². The number of hydrogen-bond donors (Lipinski definition) is 1. The molecular weight excluding hydrogens is 266 g/mol. The number of likely N-dealkylation sites (tertiary alicyclic amines) is 1. The largest absolute Gasteiger partial charge is 0.481 e. The summed E-state index contributed by atoms with van der Waals surface area (Å²) in [5.41, 5.74) is 2.80. The van der Waals surface area contributed by atoms with Gasteiger partial charge < -0.3 is 10.0 Å². The van der Waals surface area contributed by atoms with Crippen LogP contribution in [-0.4, -0.2) is 35.0 Å². The van der Waals surface area contributed by atoms with Crippen LogP contribution in [0.25, 0.3) is 0 Å². The second-order valence-electron chi connectivity index (χ2n) is 6.43. The number of rotatable bonds is 4. The molecule has 1 saturated heterocycles. The van der Waals surface area contributed by atoms with Crippen molar-refractivity contribution in [2.75, 3.05) is 13.1 Å². The van der Waals surface area contributed by atoms with Gasteiger partial charge in [-0.25, -0.2) is 0 Å². The van der Waals surface area contributed by atoms with E-state index in [0.717, 1.165) is 0 Å². The Morgan fingerprint density at radius 2 is 1.86 bits per heavy atom. The fourth-order valence-electron chi connectivity index (χ4n) is 2.97. The maximum atomic E-state index is 12.2. The number of carbonyl (C=O) groups is 2. The number of amides is 1. The molecule has 1 aliphatic rings. The number of nitrogens with zero attached hydrogens (tertiary/aromatic N) is 1. The van der Waals surface area contributed by atoms with Crippen LogP contribution in [0.4, 0.5) is 0 Å². The van der Waals surface area contributed by atoms with Crippen LogP contribution in [0.2, 0.25) is 0 Å². The summed E-state index contributed by atoms with van der Waals surface area (Å²) in [4.78, 5) is 25.1. The van der Waals surface area contributed by atoms with E-state index in [-0.39, 0.29) is 5.91 Å². The minimum atomic E-state index is -0.813. The molecule has 4 heteroatoms. The van der Waals surface area contributed by atoms with Crippen LogP contribution in [0.3, 0.4) is 0 Å². The zero-order valence-electron chi connectivity index (χ0n) is 13.0. The lowest BCUT2D eigenvalue weighted by molar-refractivity contribution is -0.147. The van der Waals surface area contributed by atoms with Gasteiger partial charge in [-0.2, -0.15) is 0 Å². The SMILES string of the molecule is Cc1cc(C)cc(CCC(=O)N2CCC(C)(C(=O)O)C2)c1. The first-order chi connectivity index (χ1) is 9.80. The van der Waals surface area contributed by atoms with Crippen molar-refractivity contribution < 1.29 is 14.7 Å². The third kappa shape index (κ3) is 3.63. The van der Waals surface area contributed by atoms with Crippen LogP contribution in [0, 0.1) is 19.3 Å². The quantitative estimate of drug-likeness (QED) is 0.926. The highest BCUT2D eigenvalue weighted by Crippen LogP contribution is 2.30. The Labute approximate surface area is 125 Å². The van der Waals surface area contributed by atoms with Crippen LogP contribution >= 0.6 is 0 Å². The molecular formula is C17H23NO3. The molecule has 1 N–H and O–H groups in total. The molecule has 114 valence electrons. The molecule has 1 heterocycles. The van der Waals surface area contributed by atoms with Gasteiger partial charge in [0.05, 0.1) is 5.41 Å². The Balaban J connectivity index is 1.92. The molecule has 1 amide bonds. The summed E-state index contributed by atoms with van der Waals surface area (Å²) in [6.07, 6.45) is 1.69. The molecule has 1 atom stereocenters. The van der Waals surface area contributed by atoms with Gasteiger partial charge in [0.1, 0.15) is 0 Å². The predicted octanol–water partition coefficient (Wildman–Crippen LogP) is 2.56. The topological polar surface area (TPSA) is 57.6 Å². The first-order valence-corrected chi connectivity index (χ1v) is 7.38. The van der Waals surface area contributed by atoms with Gasteiger partial charge in [0.2, 0.25) is 5.91 Å². The highest BCUT2D eigenvalue weighted by atomic mass is 16.4. The smallest absolute Gasteiger partial charge is 0.311 e. The number of carboxylic acid groups (broad SMARTS) is 1. The van der Waals surface area contributed by atoms with E-state index < -0.39 is 11.4 Å². The van der Waals surface area contributed by atoms with Crippen LogP contribution in [-0.2, 0) is 16.0 Å². The molecule has 1 aromatic carbocycles. The number of benzene rings is 1. The van der Waals surface area contributed by atoms with Gasteiger partial charge in [-0.1, -0.05) is 29.3 Å². The molecule has 1 unspecified atom stereocenters. The molecule has 0 radical (unpaired) electrons. The Morgan fingerprint density at radius 3 is 2.38 bits per heavy atom. The normalized spacial score (nSPS) is 21.6. The van der Waals surface area contributed by atoms with Crippen LogP contribution in [0.15, 0.2) is 18.2 Å². The number of carbonyl (C=O) groups excluding carboxylic acids is 1. The molecule has 0 spiro atoms. The van der Waals surface area contributed by atoms with Crippen molar-refractivity contribution >= 4 is 11.9 Å². The monoisotopic (exact) mass is 289 g/mol. The number of aliphatic carboxylic acids is 1. The van der Waals surface area contributed by atoms with Crippen LogP contribution in [0.1, 0.15) is 36.5 Å². The van der Waals surface area contributed by atoms with Crippen molar-refractivity contribution in [1.82, 2.24) is 4.90 Å². The Hall–Kier alpha value is -1.84. The first kappa shape index (κ1) is 15.5. The third-order valence-corrected chi connectivity index (χ3v) is 4.25. The molecule has 21 heavy (non-hydrogen) atoms. The van der Waals surface area contributed by atoms with Gasteiger partial charge in [0, 0.05) is 19.5 Å². The molecule has 0 aliphatic carbocycles. The highest BCUT2D eigenvalue weighted by Gasteiger charge is 2.41. The fourth-order valence-corrected chi connectivity index (χ4v) is 2.97. The van der Waals surface area contributed by atoms with Crippen molar-refractivity contribution in [3.05, 3.63) is 34.9 Å². The zero-order chi connectivity index (χ0) is 15.6. The van der Waals surface area contributed by atoms with Crippen LogP contribution < -0.4 is 0 Å². The van der Waals surface area contributed by atoms with Crippen molar-refractivity contribution in [1.29, 1.82) is 0 Å². The average Bonchev–Trinajstić information content (AvgIpc) is 2.79. The molecule has 0 aromatic heterocycles. The standard InChI is InChI=1S/C17H23NO3/c1-12-8-13(2)10-14(9-12)4-5-15(19)18-7-6-17(3,11-18)16(20)21/h8-10H,4-7,11H2,1-3H3,(H,20,21). The summed E-state index contributed by atoms with van der Waals surface area (Å²) >= 11 is 0. The Bertz CT molecular complexity index is 547. The molecule has 1 aliphatic heterocycles. The fraction of sp³-hybridized carbons (Fsp3) is 0.529. The second kappa shape index (κ2) is 5.88. The maximum absolute atomic E-state index is 12.2. The predicted molar refractivity (Wildman–Crippen MR) is 81.2 cm³/mol. The minimum absolute atomic E-state index is 0.0548. The van der Waals surface area contributed by atoms with Gasteiger partial charge in [-0.15, -0.1) is 0 Å². The summed E-state index contributed by atoms with van der Waals surface area (Å²) in [7, 11) is 0. The van der Waals surface area contributed by atoms with Crippen molar-refractivity contribution in [2.45, 2.75) is 40.0 Å². The number of carboxylic acids is 1. The van der Waals surface area contributed by atoms with E-state index in [9.17, 15) is 14.7 Å². The lowest BCUT2D eigenvalue weighted by Gasteiger charge is -2.20. The first-order valence-electron chi connectivity index (χ1n) is 7.38. The van der Waals surface area contributed by atoms with Gasteiger partial charge in [0.15, 0.2) is 0 Å². The molecule has 1 fully saturated rings. The Morgan fingerprint density at radius 1 is 1.24 bits per heavy atom. The van der Waals surface area contributed by atoms with Crippen molar-refractivity contribution in [3.8, 4) is 0 Å². The molecule has 0 bridgehead atoms. The summed E-state index contributed by atoms with van der Waals surface area (Å²) in [6.45, 7) is 6.70. The average molecular weight is 289 g/mol. The summed E-state index contributed by atoms with van der Waals surface area (Å²) < 4.78 is 0. The highest BCUT2D eigenvalue weighted by molar-refractivity contribution is 5.80. The van der Waals surface area contributed by atoms with Gasteiger partial charge in [-0.3, -0.25) is 9.59 Å². The van der Waals surface area contributed by atoms with Gasteiger partial charge in [-0.05, 0) is 39.2 Å². The summed E-state index contributed by atoms with van der Waals surface area (Å²) in [6, 6.07) is 6.32. The zero-order valence-corrected chi connectivity index (χ0v) is 13.0. The van der Waals surface area contributed by atoms with E-state index in [0.29, 0.717) is 32.4 Å². The van der Waals surface area contributed by atoms with Gasteiger partial charge in [0.25, 0.3) is 0 Å². The number of aryl methyl sites for hydroxylation is 3. The van der Waals surface area contributed by atoms with Crippen molar-refractivity contribution in [2.24, 2.45) is 5.41 Å². The molecule has 1 aromatic rings. The van der Waals surface area contributed by atoms with Crippen molar-refractivity contribution in [3.63, 3.8) is 0 Å². The Kier molecular flexibility index (Phi) is 4.35. The summed E-state index contributed by atoms with van der Waals surface area (Å²) in [5.74, 6) is -0.758. The molecule has 0 saturated carbocycles. The summed E-state index contributed by atoms with van der Waals surface area (Å²) in [5, 5.41) is 9.20. The third-order valence-electron chi connectivity index (χ3n) is 4.25. The van der Waals surface area contributed by atoms with Gasteiger partial charge >= 0.3 is 5.97 Å². The van der Waals surface area contributed by atoms with E-state index in [1.54, 1.807) is 11.8 Å². The van der Waals surface area contributed by atoms with E-state index in [1.165, 1.54) is 16.7 Å². The lowest BCUT2D eigenvalue weighted by atomic mass is 9.90. The van der Waals surface area contributed by atoms with E-state index in [4.69, 9.17) is 0 Å². The molecule has 4 nitrogen and oxygen atoms in total. The van der Waals surface area contributed by atoms with E-state index in [2.05, 4.69) is 32.0 Å². The van der Waals surface area contributed by atoms with E-state index in [1.807, 2.05) is 0 Å². The lowest BCUT2D eigenvalue weighted by Crippen LogP contribution is -2.34. The van der Waals surface area contributed by atoms with Crippen LogP contribution in [0.5, 0.6) is 0 Å². The second-order valence-corrected chi connectivity index (χ2v) is 6.43. The minimum Gasteiger partial charge on any atom is -0.481 e.